The van der Waals surface area contributed by atoms with Gasteiger partial charge in [0.1, 0.15) is 5.82 Å². The van der Waals surface area contributed by atoms with E-state index in [0.717, 1.165) is 43.9 Å². The Kier molecular flexibility index (Phi) is 4.85. The average Bonchev–Trinajstić information content (AvgIpc) is 2.62. The van der Waals surface area contributed by atoms with Crippen LogP contribution in [0.5, 0.6) is 0 Å². The molecule has 0 spiro atoms. The van der Waals surface area contributed by atoms with Gasteiger partial charge in [-0.15, -0.1) is 0 Å². The van der Waals surface area contributed by atoms with Crippen LogP contribution < -0.4 is 11.1 Å². The van der Waals surface area contributed by atoms with E-state index in [1.165, 1.54) is 0 Å². The van der Waals surface area contributed by atoms with E-state index in [9.17, 15) is 19.3 Å². The molecule has 114 valence electrons. The van der Waals surface area contributed by atoms with E-state index < -0.39 is 16.4 Å². The molecule has 1 amide bonds. The number of nitrogens with zero attached hydrogens (tertiary/aromatic N) is 1. The topological polar surface area (TPSA) is 98.3 Å². The molecule has 2 unspecified atom stereocenters. The van der Waals surface area contributed by atoms with Gasteiger partial charge >= 0.3 is 0 Å². The lowest BCUT2D eigenvalue weighted by atomic mass is 9.94. The van der Waals surface area contributed by atoms with Gasteiger partial charge in [0.15, 0.2) is 0 Å². The summed E-state index contributed by atoms with van der Waals surface area (Å²) in [7, 11) is 0. The molecule has 0 heterocycles. The van der Waals surface area contributed by atoms with Crippen molar-refractivity contribution in [1.29, 1.82) is 0 Å². The Morgan fingerprint density at radius 2 is 2.00 bits per heavy atom. The smallest absolute Gasteiger partial charge is 0.274 e. The number of nitrogens with one attached hydrogen (secondary N) is 1. The minimum absolute atomic E-state index is 0.0862. The predicted octanol–water partition coefficient (Wildman–Crippen LogP) is 2.58. The molecule has 1 fully saturated rings. The maximum atomic E-state index is 13.3. The maximum absolute atomic E-state index is 13.3. The van der Waals surface area contributed by atoms with Crippen LogP contribution >= 0.6 is 0 Å². The summed E-state index contributed by atoms with van der Waals surface area (Å²) < 4.78 is 13.3. The van der Waals surface area contributed by atoms with Crippen LogP contribution in [0.3, 0.4) is 0 Å². The highest BCUT2D eigenvalue weighted by molar-refractivity contribution is 5.93. The first-order valence-corrected chi connectivity index (χ1v) is 6.99. The Bertz CT molecular complexity index is 550. The summed E-state index contributed by atoms with van der Waals surface area (Å²) in [5.41, 5.74) is 5.69. The summed E-state index contributed by atoms with van der Waals surface area (Å²) in [4.78, 5) is 22.2. The molecular formula is C14H18FN3O3. The quantitative estimate of drug-likeness (QED) is 0.508. The molecule has 2 atom stereocenters. The third-order valence-corrected chi connectivity index (χ3v) is 3.77. The van der Waals surface area contributed by atoms with Crippen LogP contribution in [-0.4, -0.2) is 16.9 Å². The van der Waals surface area contributed by atoms with Crippen LogP contribution in [0.15, 0.2) is 18.2 Å². The number of carbonyl (C=O) groups excluding carboxylic acids is 1. The molecule has 0 saturated heterocycles. The number of amides is 1. The minimum atomic E-state index is -0.760. The van der Waals surface area contributed by atoms with Crippen molar-refractivity contribution in [3.8, 4) is 0 Å². The van der Waals surface area contributed by atoms with Crippen LogP contribution in [0.2, 0.25) is 0 Å². The standard InChI is InChI=1S/C14H18FN3O3/c15-9-6-10(8-11(7-9)18(20)21)17-14(19)12-4-2-1-3-5-13(12)16/h6-8,12-13H,1-5,16H2,(H,17,19). The lowest BCUT2D eigenvalue weighted by Gasteiger charge is -2.20. The monoisotopic (exact) mass is 295 g/mol. The first-order valence-electron chi connectivity index (χ1n) is 6.99. The van der Waals surface area contributed by atoms with Crippen molar-refractivity contribution in [3.05, 3.63) is 34.1 Å². The number of anilines is 1. The first-order chi connectivity index (χ1) is 9.97. The third-order valence-electron chi connectivity index (χ3n) is 3.77. The van der Waals surface area contributed by atoms with Gasteiger partial charge in [0.25, 0.3) is 5.69 Å². The van der Waals surface area contributed by atoms with Crippen molar-refractivity contribution in [1.82, 2.24) is 0 Å². The van der Waals surface area contributed by atoms with Gasteiger partial charge in [-0.2, -0.15) is 0 Å². The number of nitro benzene ring substituents is 1. The van der Waals surface area contributed by atoms with Crippen LogP contribution in [0.25, 0.3) is 0 Å². The lowest BCUT2D eigenvalue weighted by molar-refractivity contribution is -0.385. The number of nitrogens with two attached hydrogens (primary N) is 1. The second-order valence-corrected chi connectivity index (χ2v) is 5.35. The molecule has 0 aromatic heterocycles. The lowest BCUT2D eigenvalue weighted by Crippen LogP contribution is -2.37. The van der Waals surface area contributed by atoms with Gasteiger partial charge in [0, 0.05) is 12.1 Å². The number of halogens is 1. The number of carbonyl (C=O) groups is 1. The van der Waals surface area contributed by atoms with Gasteiger partial charge in [-0.05, 0) is 18.9 Å². The maximum Gasteiger partial charge on any atom is 0.274 e. The second-order valence-electron chi connectivity index (χ2n) is 5.35. The van der Waals surface area contributed by atoms with Gasteiger partial charge in [-0.3, -0.25) is 14.9 Å². The van der Waals surface area contributed by atoms with Crippen molar-refractivity contribution >= 4 is 17.3 Å². The van der Waals surface area contributed by atoms with E-state index in [1.807, 2.05) is 0 Å². The number of hydrogen-bond donors (Lipinski definition) is 2. The Morgan fingerprint density at radius 3 is 2.71 bits per heavy atom. The van der Waals surface area contributed by atoms with Crippen LogP contribution in [0.1, 0.15) is 32.1 Å². The predicted molar refractivity (Wildman–Crippen MR) is 76.2 cm³/mol. The molecule has 0 radical (unpaired) electrons. The van der Waals surface area contributed by atoms with E-state index >= 15 is 0 Å². The van der Waals surface area contributed by atoms with E-state index in [2.05, 4.69) is 5.32 Å². The van der Waals surface area contributed by atoms with Gasteiger partial charge in [-0.25, -0.2) is 4.39 Å². The fourth-order valence-corrected chi connectivity index (χ4v) is 2.65. The molecule has 1 saturated carbocycles. The molecule has 21 heavy (non-hydrogen) atoms. The molecule has 7 heteroatoms. The number of benzene rings is 1. The number of rotatable bonds is 3. The second kappa shape index (κ2) is 6.62. The van der Waals surface area contributed by atoms with Crippen molar-refractivity contribution in [2.24, 2.45) is 11.7 Å². The molecule has 1 aromatic carbocycles. The molecule has 2 rings (SSSR count). The number of nitro groups is 1. The molecule has 0 aliphatic heterocycles. The van der Waals surface area contributed by atoms with Gasteiger partial charge in [0.2, 0.25) is 5.91 Å². The van der Waals surface area contributed by atoms with E-state index in [0.29, 0.717) is 6.42 Å². The zero-order valence-electron chi connectivity index (χ0n) is 11.5. The number of hydrogen-bond acceptors (Lipinski definition) is 4. The fraction of sp³-hybridized carbons (Fsp3) is 0.500. The molecule has 1 aromatic rings. The van der Waals surface area contributed by atoms with Crippen LogP contribution in [0.4, 0.5) is 15.8 Å². The summed E-state index contributed by atoms with van der Waals surface area (Å²) >= 11 is 0. The van der Waals surface area contributed by atoms with Crippen molar-refractivity contribution in [2.75, 3.05) is 5.32 Å². The highest BCUT2D eigenvalue weighted by Gasteiger charge is 2.27. The summed E-state index contributed by atoms with van der Waals surface area (Å²) in [6.07, 6.45) is 4.43. The molecule has 3 N–H and O–H groups in total. The zero-order chi connectivity index (χ0) is 15.4. The largest absolute Gasteiger partial charge is 0.327 e. The highest BCUT2D eigenvalue weighted by Crippen LogP contribution is 2.25. The molecule has 1 aliphatic carbocycles. The normalized spacial score (nSPS) is 22.4. The SMILES string of the molecule is NC1CCCCCC1C(=O)Nc1cc(F)cc([N+](=O)[O-])c1. The first kappa shape index (κ1) is 15.4. The molecule has 6 nitrogen and oxygen atoms in total. The van der Waals surface area contributed by atoms with Crippen LogP contribution in [-0.2, 0) is 4.79 Å². The summed E-state index contributed by atoms with van der Waals surface area (Å²) in [5.74, 6) is -1.40. The van der Waals surface area contributed by atoms with Crippen molar-refractivity contribution in [3.63, 3.8) is 0 Å². The summed E-state index contributed by atoms with van der Waals surface area (Å²) in [5, 5.41) is 13.2. The third kappa shape index (κ3) is 3.98. The Balaban J connectivity index is 2.13. The Hall–Kier alpha value is -2.02. The van der Waals surface area contributed by atoms with Crippen LogP contribution in [0, 0.1) is 21.8 Å². The highest BCUT2D eigenvalue weighted by atomic mass is 19.1. The Labute approximate surface area is 121 Å². The summed E-state index contributed by atoms with van der Waals surface area (Å²) in [6, 6.07) is 2.79. The van der Waals surface area contributed by atoms with Gasteiger partial charge in [-0.1, -0.05) is 19.3 Å². The molecular weight excluding hydrogens is 277 g/mol. The van der Waals surface area contributed by atoms with E-state index in [4.69, 9.17) is 5.73 Å². The Morgan fingerprint density at radius 1 is 1.29 bits per heavy atom. The van der Waals surface area contributed by atoms with E-state index in [1.54, 1.807) is 0 Å². The van der Waals surface area contributed by atoms with Crippen molar-refractivity contribution < 1.29 is 14.1 Å². The van der Waals surface area contributed by atoms with Gasteiger partial charge in [0.05, 0.1) is 22.6 Å². The fourth-order valence-electron chi connectivity index (χ4n) is 2.65. The molecule has 1 aliphatic rings. The number of non-ortho nitro benzene ring substituents is 1. The minimum Gasteiger partial charge on any atom is -0.327 e. The van der Waals surface area contributed by atoms with E-state index in [-0.39, 0.29) is 23.6 Å². The summed E-state index contributed by atoms with van der Waals surface area (Å²) in [6.45, 7) is 0. The van der Waals surface area contributed by atoms with Gasteiger partial charge < -0.3 is 11.1 Å². The average molecular weight is 295 g/mol. The zero-order valence-corrected chi connectivity index (χ0v) is 11.5. The van der Waals surface area contributed by atoms with Crippen molar-refractivity contribution in [2.45, 2.75) is 38.1 Å². The molecule has 0 bridgehead atoms.